The second kappa shape index (κ2) is 6.67. The van der Waals surface area contributed by atoms with Crippen molar-refractivity contribution in [3.63, 3.8) is 0 Å². The van der Waals surface area contributed by atoms with Crippen molar-refractivity contribution in [2.45, 2.75) is 13.5 Å². The third-order valence-electron chi connectivity index (χ3n) is 4.10. The van der Waals surface area contributed by atoms with E-state index in [1.54, 1.807) is 12.1 Å². The zero-order valence-electron chi connectivity index (χ0n) is 13.3. The number of phenolic OH excluding ortho intramolecular Hbond substituents is 1. The van der Waals surface area contributed by atoms with Gasteiger partial charge in [0.1, 0.15) is 5.75 Å². The Balaban J connectivity index is 2.00. The highest BCUT2D eigenvalue weighted by Gasteiger charge is 2.24. The summed E-state index contributed by atoms with van der Waals surface area (Å²) in [5.74, 6) is 0.281. The van der Waals surface area contributed by atoms with Crippen molar-refractivity contribution in [1.29, 1.82) is 0 Å². The van der Waals surface area contributed by atoms with Gasteiger partial charge in [-0.2, -0.15) is 0 Å². The molecule has 5 N–H and O–H groups in total. The number of aryl methyl sites for hydroxylation is 1. The lowest BCUT2D eigenvalue weighted by Gasteiger charge is -2.07. The maximum Gasteiger partial charge on any atom is 0.212 e. The minimum Gasteiger partial charge on any atom is -0.508 e. The van der Waals surface area contributed by atoms with E-state index in [-0.39, 0.29) is 5.75 Å². The molecule has 23 heavy (non-hydrogen) atoms. The highest BCUT2D eigenvalue weighted by atomic mass is 16.3. The molecule has 4 nitrogen and oxygen atoms in total. The minimum atomic E-state index is 0.281. The van der Waals surface area contributed by atoms with Crippen molar-refractivity contribution >= 4 is 5.71 Å². The lowest BCUT2D eigenvalue weighted by atomic mass is 9.97. The van der Waals surface area contributed by atoms with Gasteiger partial charge < -0.3 is 16.2 Å². The van der Waals surface area contributed by atoms with Gasteiger partial charge in [-0.25, -0.2) is 4.99 Å². The molecule has 0 saturated heterocycles. The van der Waals surface area contributed by atoms with E-state index in [0.717, 1.165) is 41.2 Å². The van der Waals surface area contributed by atoms with Crippen molar-refractivity contribution in [3.05, 3.63) is 76.5 Å². The van der Waals surface area contributed by atoms with Crippen LogP contribution in [0.4, 0.5) is 0 Å². The topological polar surface area (TPSA) is 72.2 Å². The molecule has 1 aliphatic heterocycles. The van der Waals surface area contributed by atoms with E-state index in [1.807, 2.05) is 24.3 Å². The summed E-state index contributed by atoms with van der Waals surface area (Å²) in [7, 11) is 0. The predicted octanol–water partition coefficient (Wildman–Crippen LogP) is 0.587. The summed E-state index contributed by atoms with van der Waals surface area (Å²) in [5, 5.41) is 12.9. The highest BCUT2D eigenvalue weighted by Crippen LogP contribution is 2.15. The third kappa shape index (κ3) is 3.43. The molecule has 0 aliphatic carbocycles. The number of nitrogens with two attached hydrogens (primary N) is 1. The van der Waals surface area contributed by atoms with E-state index >= 15 is 0 Å². The average Bonchev–Trinajstić information content (AvgIpc) is 2.95. The summed E-state index contributed by atoms with van der Waals surface area (Å²) in [4.78, 5) is 3.52. The van der Waals surface area contributed by atoms with Gasteiger partial charge in [-0.1, -0.05) is 30.3 Å². The fourth-order valence-electron chi connectivity index (χ4n) is 2.87. The van der Waals surface area contributed by atoms with Crippen molar-refractivity contribution in [3.8, 4) is 5.75 Å². The van der Waals surface area contributed by atoms with Crippen LogP contribution in [0.25, 0.3) is 0 Å². The van der Waals surface area contributed by atoms with Crippen LogP contribution in [0, 0.1) is 6.92 Å². The van der Waals surface area contributed by atoms with Crippen molar-refractivity contribution < 1.29 is 10.1 Å². The van der Waals surface area contributed by atoms with E-state index in [0.29, 0.717) is 6.54 Å². The molecular formula is C19H22N3O+. The molecule has 2 aromatic carbocycles. The summed E-state index contributed by atoms with van der Waals surface area (Å²) < 4.78 is 0. The Labute approximate surface area is 136 Å². The first-order valence-corrected chi connectivity index (χ1v) is 7.78. The minimum absolute atomic E-state index is 0.281. The Morgan fingerprint density at radius 3 is 2.70 bits per heavy atom. The quantitative estimate of drug-likeness (QED) is 0.625. The van der Waals surface area contributed by atoms with Gasteiger partial charge in [-0.05, 0) is 30.7 Å². The molecule has 2 aromatic rings. The van der Waals surface area contributed by atoms with Crippen LogP contribution in [0.5, 0.6) is 5.75 Å². The van der Waals surface area contributed by atoms with Crippen LogP contribution in [0.15, 0.2) is 59.8 Å². The maximum atomic E-state index is 9.62. The number of hydrogen-bond acceptors (Lipinski definition) is 3. The largest absolute Gasteiger partial charge is 0.508 e. The smallest absolute Gasteiger partial charge is 0.212 e. The zero-order valence-corrected chi connectivity index (χ0v) is 13.3. The molecule has 3 rings (SSSR count). The Bertz CT molecular complexity index is 778. The van der Waals surface area contributed by atoms with Crippen LogP contribution in [-0.2, 0) is 6.54 Å². The molecule has 0 radical (unpaired) electrons. The first-order valence-electron chi connectivity index (χ1n) is 7.78. The lowest BCUT2D eigenvalue weighted by molar-refractivity contribution is -0.474. The average molecular weight is 308 g/mol. The Morgan fingerprint density at radius 1 is 1.17 bits per heavy atom. The first-order chi connectivity index (χ1) is 11.1. The van der Waals surface area contributed by atoms with Gasteiger partial charge in [0, 0.05) is 29.9 Å². The van der Waals surface area contributed by atoms with E-state index in [2.05, 4.69) is 29.4 Å². The zero-order chi connectivity index (χ0) is 16.2. The van der Waals surface area contributed by atoms with Crippen molar-refractivity contribution in [2.75, 3.05) is 13.1 Å². The van der Waals surface area contributed by atoms with Gasteiger partial charge >= 0.3 is 0 Å². The summed E-state index contributed by atoms with van der Waals surface area (Å²) in [6, 6.07) is 15.6. The van der Waals surface area contributed by atoms with Gasteiger partial charge in [0.2, 0.25) is 5.71 Å². The molecule has 0 spiro atoms. The van der Waals surface area contributed by atoms with Crippen LogP contribution in [0.1, 0.15) is 16.7 Å². The molecule has 0 saturated carbocycles. The number of phenols is 1. The lowest BCUT2D eigenvalue weighted by Crippen LogP contribution is -2.72. The predicted molar refractivity (Wildman–Crippen MR) is 92.1 cm³/mol. The van der Waals surface area contributed by atoms with E-state index < -0.39 is 0 Å². The number of nitrogens with one attached hydrogen (secondary N) is 2. The fourth-order valence-corrected chi connectivity index (χ4v) is 2.87. The maximum absolute atomic E-state index is 9.62. The molecule has 0 unspecified atom stereocenters. The van der Waals surface area contributed by atoms with Gasteiger partial charge in [0.15, 0.2) is 6.54 Å². The number of aromatic hydroxyl groups is 1. The van der Waals surface area contributed by atoms with Crippen molar-refractivity contribution in [2.24, 2.45) is 5.73 Å². The molecule has 118 valence electrons. The second-order valence-electron chi connectivity index (χ2n) is 5.82. The van der Waals surface area contributed by atoms with Crippen LogP contribution < -0.4 is 16.0 Å². The molecule has 0 aromatic heterocycles. The van der Waals surface area contributed by atoms with Crippen LogP contribution in [0.3, 0.4) is 0 Å². The molecular weight excluding hydrogens is 286 g/mol. The second-order valence-corrected chi connectivity index (χ2v) is 5.82. The van der Waals surface area contributed by atoms with E-state index in [1.165, 1.54) is 5.56 Å². The first kappa shape index (κ1) is 15.3. The highest BCUT2D eigenvalue weighted by molar-refractivity contribution is 6.10. The molecule has 0 amide bonds. The molecule has 1 heterocycles. The standard InChI is InChI=1S/C19H21N3O/c1-13-5-2-3-8-16(13)19(17-11-21-12-18(17)20)22-10-14-6-4-7-15(23)9-14/h2-9,21,23H,10-12,20H2,1H3/p+1. The van der Waals surface area contributed by atoms with E-state index in [4.69, 9.17) is 5.73 Å². The van der Waals surface area contributed by atoms with Crippen LogP contribution in [-0.4, -0.2) is 23.9 Å². The van der Waals surface area contributed by atoms with Crippen molar-refractivity contribution in [1.82, 2.24) is 5.32 Å². The fraction of sp³-hybridized carbons (Fsp3) is 0.211. The molecule has 0 atom stereocenters. The molecule has 1 aliphatic rings. The Kier molecular flexibility index (Phi) is 4.44. The third-order valence-corrected chi connectivity index (χ3v) is 4.10. The van der Waals surface area contributed by atoms with Gasteiger partial charge in [0.25, 0.3) is 0 Å². The molecule has 0 fully saturated rings. The number of hydrogen-bond donors (Lipinski definition) is 4. The van der Waals surface area contributed by atoms with Crippen LogP contribution >= 0.6 is 0 Å². The van der Waals surface area contributed by atoms with Gasteiger partial charge in [0.05, 0.1) is 5.57 Å². The molecule has 4 heteroatoms. The Morgan fingerprint density at radius 2 is 2.00 bits per heavy atom. The summed E-state index contributed by atoms with van der Waals surface area (Å²) in [6.07, 6.45) is 0. The summed E-state index contributed by atoms with van der Waals surface area (Å²) >= 11 is 0. The summed E-state index contributed by atoms with van der Waals surface area (Å²) in [5.41, 5.74) is 12.6. The number of rotatable bonds is 4. The monoisotopic (exact) mass is 308 g/mol. The summed E-state index contributed by atoms with van der Waals surface area (Å²) in [6.45, 7) is 4.22. The van der Waals surface area contributed by atoms with Gasteiger partial charge in [-0.15, -0.1) is 0 Å². The SMILES string of the molecule is Cc1ccccc1C(=[NH+]Cc1cccc(O)c1)C1=C(N)CNC1. The number of benzene rings is 2. The normalized spacial score (nSPS) is 15.3. The van der Waals surface area contributed by atoms with E-state index in [9.17, 15) is 5.11 Å². The Hall–Kier alpha value is -2.59. The van der Waals surface area contributed by atoms with Crippen LogP contribution in [0.2, 0.25) is 0 Å². The molecule has 0 bridgehead atoms. The van der Waals surface area contributed by atoms with Gasteiger partial charge in [-0.3, -0.25) is 0 Å².